The van der Waals surface area contributed by atoms with Crippen LogP contribution in [0.25, 0.3) is 0 Å². The highest BCUT2D eigenvalue weighted by Crippen LogP contribution is 2.20. The number of morpholine rings is 1. The molecular formula is C18H31N3O6. The molecule has 0 radical (unpaired) electrons. The number of nitrogens with zero attached hydrogens (tertiary/aromatic N) is 1. The van der Waals surface area contributed by atoms with Crippen LogP contribution in [-0.2, 0) is 19.1 Å². The summed E-state index contributed by atoms with van der Waals surface area (Å²) in [6.45, 7) is 7.40. The molecule has 2 heterocycles. The van der Waals surface area contributed by atoms with Crippen molar-refractivity contribution in [3.8, 4) is 0 Å². The highest BCUT2D eigenvalue weighted by atomic mass is 16.6. The van der Waals surface area contributed by atoms with Crippen LogP contribution in [0.1, 0.15) is 40.0 Å². The van der Waals surface area contributed by atoms with Gasteiger partial charge < -0.3 is 30.1 Å². The highest BCUT2D eigenvalue weighted by Gasteiger charge is 2.36. The first-order chi connectivity index (χ1) is 12.7. The number of alkyl carbamates (subject to hydrolysis) is 1. The standard InChI is InChI=1S/C18H31N3O6/c1-18(2,3)27-17(25)20-13(11-12-5-4-6-19-15(12)23)14(22)16(24)21-7-9-26-10-8-21/h12-14,22H,4-11H2,1-3H3,(H,19,23)(H,20,25)/t12-,13-,14?/m0/s1. The van der Waals surface area contributed by atoms with Crippen molar-refractivity contribution in [1.82, 2.24) is 15.5 Å². The zero-order valence-electron chi connectivity index (χ0n) is 16.3. The fraction of sp³-hybridized carbons (Fsp3) is 0.833. The summed E-state index contributed by atoms with van der Waals surface area (Å²) < 4.78 is 10.5. The number of nitrogens with one attached hydrogen (secondary N) is 2. The predicted octanol–water partition coefficient (Wildman–Crippen LogP) is 0.0157. The van der Waals surface area contributed by atoms with Gasteiger partial charge in [0.2, 0.25) is 5.91 Å². The molecule has 0 aromatic rings. The van der Waals surface area contributed by atoms with Crippen LogP contribution >= 0.6 is 0 Å². The average molecular weight is 385 g/mol. The van der Waals surface area contributed by atoms with Crippen LogP contribution < -0.4 is 10.6 Å². The second-order valence-corrected chi connectivity index (χ2v) is 8.00. The van der Waals surface area contributed by atoms with E-state index in [9.17, 15) is 19.5 Å². The number of hydrogen-bond donors (Lipinski definition) is 3. The van der Waals surface area contributed by atoms with Gasteiger partial charge in [0.05, 0.1) is 19.3 Å². The van der Waals surface area contributed by atoms with Gasteiger partial charge in [0.1, 0.15) is 5.60 Å². The van der Waals surface area contributed by atoms with E-state index in [1.807, 2.05) is 0 Å². The van der Waals surface area contributed by atoms with Crippen LogP contribution in [0.2, 0.25) is 0 Å². The lowest BCUT2D eigenvalue weighted by Gasteiger charge is -2.34. The van der Waals surface area contributed by atoms with Crippen molar-refractivity contribution in [3.63, 3.8) is 0 Å². The third kappa shape index (κ3) is 6.66. The van der Waals surface area contributed by atoms with Crippen LogP contribution in [0, 0.1) is 5.92 Å². The predicted molar refractivity (Wildman–Crippen MR) is 96.9 cm³/mol. The number of carbonyl (C=O) groups is 3. The Labute approximate surface area is 159 Å². The van der Waals surface area contributed by atoms with E-state index in [0.717, 1.165) is 6.42 Å². The fourth-order valence-corrected chi connectivity index (χ4v) is 3.24. The molecule has 0 saturated carbocycles. The van der Waals surface area contributed by atoms with Gasteiger partial charge in [-0.1, -0.05) is 0 Å². The van der Waals surface area contributed by atoms with Crippen molar-refractivity contribution in [1.29, 1.82) is 0 Å². The van der Waals surface area contributed by atoms with Gasteiger partial charge in [-0.2, -0.15) is 0 Å². The number of amides is 3. The van der Waals surface area contributed by atoms with Crippen molar-refractivity contribution in [2.75, 3.05) is 32.8 Å². The number of aliphatic hydroxyl groups excluding tert-OH is 1. The SMILES string of the molecule is CC(C)(C)OC(=O)N[C@@H](C[C@@H]1CCCNC1=O)C(O)C(=O)N1CCOCC1. The summed E-state index contributed by atoms with van der Waals surface area (Å²) in [6.07, 6.45) is -0.537. The number of aliphatic hydroxyl groups is 1. The summed E-state index contributed by atoms with van der Waals surface area (Å²) in [7, 11) is 0. The minimum absolute atomic E-state index is 0.122. The van der Waals surface area contributed by atoms with Gasteiger partial charge in [0, 0.05) is 25.6 Å². The van der Waals surface area contributed by atoms with Gasteiger partial charge in [-0.25, -0.2) is 4.79 Å². The lowest BCUT2D eigenvalue weighted by atomic mass is 9.89. The number of carbonyl (C=O) groups excluding carboxylic acids is 3. The van der Waals surface area contributed by atoms with Gasteiger partial charge in [-0.15, -0.1) is 0 Å². The van der Waals surface area contributed by atoms with Gasteiger partial charge in [0.15, 0.2) is 6.10 Å². The lowest BCUT2D eigenvalue weighted by Crippen LogP contribution is -2.55. The van der Waals surface area contributed by atoms with Crippen LogP contribution in [0.15, 0.2) is 0 Å². The van der Waals surface area contributed by atoms with Crippen molar-refractivity contribution >= 4 is 17.9 Å². The molecular weight excluding hydrogens is 354 g/mol. The Bertz CT molecular complexity index is 542. The molecule has 27 heavy (non-hydrogen) atoms. The molecule has 2 aliphatic heterocycles. The fourth-order valence-electron chi connectivity index (χ4n) is 3.24. The zero-order valence-corrected chi connectivity index (χ0v) is 16.3. The maximum Gasteiger partial charge on any atom is 0.407 e. The summed E-state index contributed by atoms with van der Waals surface area (Å²) >= 11 is 0. The Morgan fingerprint density at radius 2 is 2.04 bits per heavy atom. The number of rotatable bonds is 5. The molecule has 2 rings (SSSR count). The van der Waals surface area contributed by atoms with Crippen molar-refractivity contribution in [2.24, 2.45) is 5.92 Å². The van der Waals surface area contributed by atoms with Gasteiger partial charge in [-0.3, -0.25) is 9.59 Å². The summed E-state index contributed by atoms with van der Waals surface area (Å²) in [5, 5.41) is 16.0. The van der Waals surface area contributed by atoms with Crippen LogP contribution in [-0.4, -0.2) is 78.5 Å². The normalized spacial score (nSPS) is 23.2. The molecule has 0 spiro atoms. The minimum atomic E-state index is -1.45. The summed E-state index contributed by atoms with van der Waals surface area (Å²) in [5.41, 5.74) is -0.712. The largest absolute Gasteiger partial charge is 0.444 e. The Morgan fingerprint density at radius 3 is 2.63 bits per heavy atom. The second kappa shape index (κ2) is 9.36. The Balaban J connectivity index is 2.07. The molecule has 0 aromatic carbocycles. The third-order valence-electron chi connectivity index (χ3n) is 4.60. The molecule has 9 nitrogen and oxygen atoms in total. The Hall–Kier alpha value is -1.87. The van der Waals surface area contributed by atoms with E-state index in [0.29, 0.717) is 39.3 Å². The molecule has 2 saturated heterocycles. The topological polar surface area (TPSA) is 117 Å². The molecule has 0 bridgehead atoms. The molecule has 9 heteroatoms. The Kier molecular flexibility index (Phi) is 7.43. The first-order valence-corrected chi connectivity index (χ1v) is 9.49. The quantitative estimate of drug-likeness (QED) is 0.614. The van der Waals surface area contributed by atoms with E-state index >= 15 is 0 Å². The van der Waals surface area contributed by atoms with Crippen LogP contribution in [0.5, 0.6) is 0 Å². The van der Waals surface area contributed by atoms with E-state index in [1.54, 1.807) is 20.8 Å². The summed E-state index contributed by atoms with van der Waals surface area (Å²) in [4.78, 5) is 38.5. The molecule has 0 aliphatic carbocycles. The van der Waals surface area contributed by atoms with Gasteiger partial charge >= 0.3 is 6.09 Å². The number of hydrogen-bond acceptors (Lipinski definition) is 6. The third-order valence-corrected chi connectivity index (χ3v) is 4.60. The second-order valence-electron chi connectivity index (χ2n) is 8.00. The van der Waals surface area contributed by atoms with Crippen LogP contribution in [0.4, 0.5) is 4.79 Å². The maximum atomic E-state index is 12.7. The molecule has 1 unspecified atom stereocenters. The van der Waals surface area contributed by atoms with Gasteiger partial charge in [0.25, 0.3) is 5.91 Å². The molecule has 3 atom stereocenters. The molecule has 154 valence electrons. The van der Waals surface area contributed by atoms with Gasteiger partial charge in [-0.05, 0) is 40.0 Å². The first kappa shape index (κ1) is 21.4. The minimum Gasteiger partial charge on any atom is -0.444 e. The lowest BCUT2D eigenvalue weighted by molar-refractivity contribution is -0.146. The van der Waals surface area contributed by atoms with Crippen molar-refractivity contribution in [2.45, 2.75) is 57.8 Å². The molecule has 0 aromatic heterocycles. The number of ether oxygens (including phenoxy) is 2. The molecule has 3 N–H and O–H groups in total. The maximum absolute atomic E-state index is 12.7. The smallest absolute Gasteiger partial charge is 0.407 e. The van der Waals surface area contributed by atoms with E-state index in [4.69, 9.17) is 9.47 Å². The zero-order chi connectivity index (χ0) is 20.0. The summed E-state index contributed by atoms with van der Waals surface area (Å²) in [6, 6.07) is -0.913. The number of piperidine rings is 1. The van der Waals surface area contributed by atoms with Crippen molar-refractivity contribution < 1.29 is 29.0 Å². The summed E-state index contributed by atoms with van der Waals surface area (Å²) in [5.74, 6) is -0.968. The molecule has 3 amide bonds. The van der Waals surface area contributed by atoms with E-state index in [2.05, 4.69) is 10.6 Å². The van der Waals surface area contributed by atoms with E-state index < -0.39 is 29.7 Å². The molecule has 2 fully saturated rings. The van der Waals surface area contributed by atoms with Crippen LogP contribution in [0.3, 0.4) is 0 Å². The Morgan fingerprint density at radius 1 is 1.37 bits per heavy atom. The average Bonchev–Trinajstić information content (AvgIpc) is 2.61. The molecule has 2 aliphatic rings. The monoisotopic (exact) mass is 385 g/mol. The first-order valence-electron chi connectivity index (χ1n) is 9.49. The van der Waals surface area contributed by atoms with Crippen molar-refractivity contribution in [3.05, 3.63) is 0 Å². The van der Waals surface area contributed by atoms with E-state index in [1.165, 1.54) is 4.90 Å². The highest BCUT2D eigenvalue weighted by molar-refractivity contribution is 5.83. The van der Waals surface area contributed by atoms with E-state index in [-0.39, 0.29) is 18.2 Å².